The van der Waals surface area contributed by atoms with E-state index in [0.29, 0.717) is 0 Å². The zero-order valence-electron chi connectivity index (χ0n) is 7.47. The number of aliphatic hydroxyl groups excluding tert-OH is 1. The Balaban J connectivity index is 4.40. The van der Waals surface area contributed by atoms with Gasteiger partial charge in [-0.3, -0.25) is 0 Å². The summed E-state index contributed by atoms with van der Waals surface area (Å²) in [5, 5.41) is 17.9. The molecule has 0 amide bonds. The van der Waals surface area contributed by atoms with E-state index in [2.05, 4.69) is 0 Å². The first-order valence-electron chi connectivity index (χ1n) is 3.56. The molecule has 0 aliphatic heterocycles. The van der Waals surface area contributed by atoms with Crippen LogP contribution in [0, 0.1) is 10.8 Å². The van der Waals surface area contributed by atoms with Crippen molar-refractivity contribution in [3.05, 3.63) is 0 Å². The minimum atomic E-state index is -1.24. The summed E-state index contributed by atoms with van der Waals surface area (Å²) in [6.45, 7) is 9.67. The Labute approximate surface area is 62.9 Å². The highest BCUT2D eigenvalue weighted by molar-refractivity contribution is 4.83. The van der Waals surface area contributed by atoms with Gasteiger partial charge in [0.1, 0.15) is 0 Å². The Bertz CT molecular complexity index is 109. The van der Waals surface area contributed by atoms with E-state index in [9.17, 15) is 0 Å². The van der Waals surface area contributed by atoms with Gasteiger partial charge in [0.25, 0.3) is 0 Å². The average molecular weight is 146 g/mol. The monoisotopic (exact) mass is 146 g/mol. The molecule has 2 heteroatoms. The highest BCUT2D eigenvalue weighted by atomic mass is 16.5. The molecule has 0 fully saturated rings. The van der Waals surface area contributed by atoms with E-state index in [1.165, 1.54) is 0 Å². The molecule has 0 unspecified atom stereocenters. The van der Waals surface area contributed by atoms with Crippen LogP contribution in [0.4, 0.5) is 0 Å². The molecule has 0 aromatic carbocycles. The lowest BCUT2D eigenvalue weighted by molar-refractivity contribution is -0.160. The molecule has 0 bridgehead atoms. The van der Waals surface area contributed by atoms with Gasteiger partial charge in [0, 0.05) is 5.41 Å². The van der Waals surface area contributed by atoms with E-state index in [-0.39, 0.29) is 5.41 Å². The molecule has 0 atom stereocenters. The van der Waals surface area contributed by atoms with Crippen LogP contribution in [0.15, 0.2) is 0 Å². The third-order valence-electron chi connectivity index (χ3n) is 2.58. The van der Waals surface area contributed by atoms with E-state index < -0.39 is 11.7 Å². The number of hydrogen-bond acceptors (Lipinski definition) is 2. The largest absolute Gasteiger partial charge is 0.368 e. The van der Waals surface area contributed by atoms with Crippen LogP contribution in [0.1, 0.15) is 34.6 Å². The minimum absolute atomic E-state index is 0.0822. The van der Waals surface area contributed by atoms with E-state index in [0.717, 1.165) is 0 Å². The average Bonchev–Trinajstić information content (AvgIpc) is 1.62. The van der Waals surface area contributed by atoms with Crippen LogP contribution < -0.4 is 0 Å². The van der Waals surface area contributed by atoms with Crippen LogP contribution in [0.3, 0.4) is 0 Å². The van der Waals surface area contributed by atoms with E-state index in [4.69, 9.17) is 10.2 Å². The number of aliphatic hydroxyl groups is 2. The highest BCUT2D eigenvalue weighted by Crippen LogP contribution is 2.39. The molecule has 10 heavy (non-hydrogen) atoms. The maximum Gasteiger partial charge on any atom is 0.157 e. The molecule has 0 aliphatic rings. The van der Waals surface area contributed by atoms with Crippen molar-refractivity contribution in [3.63, 3.8) is 0 Å². The van der Waals surface area contributed by atoms with Gasteiger partial charge < -0.3 is 10.2 Å². The zero-order chi connectivity index (χ0) is 8.58. The Hall–Kier alpha value is -0.0800. The predicted octanol–water partition coefficient (Wildman–Crippen LogP) is 1.37. The molecule has 0 rings (SSSR count). The normalized spacial score (nSPS) is 14.4. The summed E-state index contributed by atoms with van der Waals surface area (Å²) in [5.41, 5.74) is -0.534. The standard InChI is InChI=1S/C8H18O2/c1-7(2,3)8(4,5)6(9)10/h6,9-10H,1-5H3. The fourth-order valence-electron chi connectivity index (χ4n) is 0.387. The second kappa shape index (κ2) is 2.51. The van der Waals surface area contributed by atoms with E-state index in [1.54, 1.807) is 0 Å². The molecule has 0 aromatic rings. The maximum atomic E-state index is 8.97. The van der Waals surface area contributed by atoms with Gasteiger partial charge in [0.15, 0.2) is 6.29 Å². The first-order valence-corrected chi connectivity index (χ1v) is 3.56. The molecule has 0 heterocycles. The van der Waals surface area contributed by atoms with Crippen molar-refractivity contribution in [1.82, 2.24) is 0 Å². The van der Waals surface area contributed by atoms with Crippen molar-refractivity contribution >= 4 is 0 Å². The van der Waals surface area contributed by atoms with Crippen LogP contribution in [-0.2, 0) is 0 Å². The first kappa shape index (κ1) is 9.92. The van der Waals surface area contributed by atoms with Crippen LogP contribution in [0.5, 0.6) is 0 Å². The van der Waals surface area contributed by atoms with Crippen molar-refractivity contribution in [3.8, 4) is 0 Å². The van der Waals surface area contributed by atoms with Crippen LogP contribution >= 0.6 is 0 Å². The second-order valence-corrected chi connectivity index (χ2v) is 4.35. The molecule has 0 saturated heterocycles. The van der Waals surface area contributed by atoms with Crippen molar-refractivity contribution in [2.75, 3.05) is 0 Å². The molecular weight excluding hydrogens is 128 g/mol. The van der Waals surface area contributed by atoms with Gasteiger partial charge in [-0.15, -0.1) is 0 Å². The Kier molecular flexibility index (Phi) is 2.49. The van der Waals surface area contributed by atoms with Gasteiger partial charge in [-0.2, -0.15) is 0 Å². The first-order chi connectivity index (χ1) is 4.19. The molecular formula is C8H18O2. The van der Waals surface area contributed by atoms with Gasteiger partial charge >= 0.3 is 0 Å². The SMILES string of the molecule is CC(C)(C)C(C)(C)C(O)O. The van der Waals surface area contributed by atoms with Crippen molar-refractivity contribution in [1.29, 1.82) is 0 Å². The zero-order valence-corrected chi connectivity index (χ0v) is 7.47. The van der Waals surface area contributed by atoms with Crippen molar-refractivity contribution in [2.45, 2.75) is 40.9 Å². The smallest absolute Gasteiger partial charge is 0.157 e. The molecule has 0 aliphatic carbocycles. The van der Waals surface area contributed by atoms with Gasteiger partial charge in [-0.1, -0.05) is 34.6 Å². The second-order valence-electron chi connectivity index (χ2n) is 4.35. The summed E-state index contributed by atoms with van der Waals surface area (Å²) in [4.78, 5) is 0. The fourth-order valence-corrected chi connectivity index (χ4v) is 0.387. The summed E-state index contributed by atoms with van der Waals surface area (Å²) in [6, 6.07) is 0. The molecule has 0 aromatic heterocycles. The third-order valence-corrected chi connectivity index (χ3v) is 2.58. The predicted molar refractivity (Wildman–Crippen MR) is 41.5 cm³/mol. The third kappa shape index (κ3) is 1.70. The summed E-state index contributed by atoms with van der Waals surface area (Å²) < 4.78 is 0. The molecule has 62 valence electrons. The minimum Gasteiger partial charge on any atom is -0.368 e. The molecule has 0 saturated carbocycles. The fraction of sp³-hybridized carbons (Fsp3) is 1.00. The number of hydrogen-bond donors (Lipinski definition) is 2. The van der Waals surface area contributed by atoms with Crippen LogP contribution in [0.25, 0.3) is 0 Å². The van der Waals surface area contributed by atoms with E-state index in [1.807, 2.05) is 34.6 Å². The Morgan fingerprint density at radius 3 is 1.20 bits per heavy atom. The quantitative estimate of drug-likeness (QED) is 0.548. The summed E-state index contributed by atoms with van der Waals surface area (Å²) in [5.74, 6) is 0. The molecule has 0 radical (unpaired) electrons. The van der Waals surface area contributed by atoms with Crippen LogP contribution in [0.2, 0.25) is 0 Å². The highest BCUT2D eigenvalue weighted by Gasteiger charge is 2.38. The molecule has 2 nitrogen and oxygen atoms in total. The van der Waals surface area contributed by atoms with Crippen LogP contribution in [-0.4, -0.2) is 16.5 Å². The lowest BCUT2D eigenvalue weighted by Gasteiger charge is -2.39. The van der Waals surface area contributed by atoms with E-state index >= 15 is 0 Å². The summed E-state index contributed by atoms with van der Waals surface area (Å²) in [6.07, 6.45) is -1.24. The molecule has 2 N–H and O–H groups in total. The summed E-state index contributed by atoms with van der Waals surface area (Å²) >= 11 is 0. The Morgan fingerprint density at radius 2 is 1.20 bits per heavy atom. The maximum absolute atomic E-state index is 8.97. The lowest BCUT2D eigenvalue weighted by atomic mass is 9.69. The number of rotatable bonds is 1. The van der Waals surface area contributed by atoms with Crippen molar-refractivity contribution < 1.29 is 10.2 Å². The molecule has 0 spiro atoms. The van der Waals surface area contributed by atoms with Gasteiger partial charge in [-0.25, -0.2) is 0 Å². The van der Waals surface area contributed by atoms with Gasteiger partial charge in [0.05, 0.1) is 0 Å². The van der Waals surface area contributed by atoms with Gasteiger partial charge in [0.2, 0.25) is 0 Å². The van der Waals surface area contributed by atoms with Gasteiger partial charge in [-0.05, 0) is 5.41 Å². The summed E-state index contributed by atoms with van der Waals surface area (Å²) in [7, 11) is 0. The lowest BCUT2D eigenvalue weighted by Crippen LogP contribution is -2.40. The Morgan fingerprint density at radius 1 is 0.900 bits per heavy atom. The topological polar surface area (TPSA) is 40.5 Å². The van der Waals surface area contributed by atoms with Crippen molar-refractivity contribution in [2.24, 2.45) is 10.8 Å².